The summed E-state index contributed by atoms with van der Waals surface area (Å²) in [4.78, 5) is 0. The Morgan fingerprint density at radius 3 is 2.58 bits per heavy atom. The van der Waals surface area contributed by atoms with E-state index in [2.05, 4.69) is 61.1 Å². The largest absolute Gasteiger partial charge is 0.497 e. The van der Waals surface area contributed by atoms with Crippen LogP contribution >= 0.6 is 15.9 Å². The minimum absolute atomic E-state index is 0.139. The van der Waals surface area contributed by atoms with E-state index in [1.807, 2.05) is 12.1 Å². The second kappa shape index (κ2) is 7.11. The molecule has 0 fully saturated rings. The van der Waals surface area contributed by atoms with Gasteiger partial charge in [0.25, 0.3) is 0 Å². The lowest BCUT2D eigenvalue weighted by Crippen LogP contribution is -2.36. The van der Waals surface area contributed by atoms with Crippen molar-refractivity contribution in [2.75, 3.05) is 13.7 Å². The van der Waals surface area contributed by atoms with Gasteiger partial charge in [0.05, 0.1) is 7.11 Å². The van der Waals surface area contributed by atoms with Crippen molar-refractivity contribution in [2.45, 2.75) is 39.7 Å². The summed E-state index contributed by atoms with van der Waals surface area (Å²) in [5.41, 5.74) is 2.68. The van der Waals surface area contributed by atoms with Gasteiger partial charge >= 0.3 is 0 Å². The van der Waals surface area contributed by atoms with Gasteiger partial charge in [-0.3, -0.25) is 0 Å². The van der Waals surface area contributed by atoms with Crippen molar-refractivity contribution < 1.29 is 4.74 Å². The van der Waals surface area contributed by atoms with Crippen LogP contribution in [0.2, 0.25) is 0 Å². The van der Waals surface area contributed by atoms with Crippen LogP contribution in [-0.2, 0) is 0 Å². The third kappa shape index (κ3) is 5.79. The molecular weight excluding hydrogens is 302 g/mol. The van der Waals surface area contributed by atoms with E-state index in [4.69, 9.17) is 4.74 Å². The zero-order valence-corrected chi connectivity index (χ0v) is 14.1. The molecule has 106 valence electrons. The van der Waals surface area contributed by atoms with Crippen molar-refractivity contribution in [3.63, 3.8) is 0 Å². The first-order valence-electron chi connectivity index (χ1n) is 6.63. The Bertz CT molecular complexity index is 447. The van der Waals surface area contributed by atoms with Crippen LogP contribution in [0.25, 0.3) is 6.08 Å². The lowest BCUT2D eigenvalue weighted by Gasteiger charge is -2.21. The summed E-state index contributed by atoms with van der Waals surface area (Å²) >= 11 is 3.59. The molecule has 0 aliphatic heterocycles. The van der Waals surface area contributed by atoms with Crippen molar-refractivity contribution in [3.8, 4) is 5.75 Å². The highest BCUT2D eigenvalue weighted by Gasteiger charge is 2.09. The van der Waals surface area contributed by atoms with Gasteiger partial charge in [-0.1, -0.05) is 34.5 Å². The van der Waals surface area contributed by atoms with Gasteiger partial charge in [0.15, 0.2) is 0 Å². The molecule has 1 aromatic rings. The zero-order valence-electron chi connectivity index (χ0n) is 12.5. The quantitative estimate of drug-likeness (QED) is 0.851. The Kier molecular flexibility index (Phi) is 6.08. The second-order valence-electron chi connectivity index (χ2n) is 5.65. The van der Waals surface area contributed by atoms with Gasteiger partial charge in [-0.25, -0.2) is 0 Å². The second-order valence-corrected chi connectivity index (χ2v) is 6.50. The minimum atomic E-state index is 0.139. The third-order valence-corrected chi connectivity index (χ3v) is 3.58. The highest BCUT2D eigenvalue weighted by atomic mass is 79.9. The molecule has 1 rings (SSSR count). The van der Waals surface area contributed by atoms with Crippen LogP contribution in [0.3, 0.4) is 0 Å². The Labute approximate surface area is 125 Å². The molecule has 0 bridgehead atoms. The molecule has 0 aromatic heterocycles. The molecule has 0 amide bonds. The number of nitrogens with one attached hydrogen (secondary N) is 1. The highest BCUT2D eigenvalue weighted by Crippen LogP contribution is 2.25. The third-order valence-electron chi connectivity index (χ3n) is 2.86. The van der Waals surface area contributed by atoms with E-state index in [0.29, 0.717) is 0 Å². The fourth-order valence-electron chi connectivity index (χ4n) is 1.64. The molecule has 0 radical (unpaired) electrons. The van der Waals surface area contributed by atoms with E-state index in [1.54, 1.807) is 7.11 Å². The molecule has 0 spiro atoms. The van der Waals surface area contributed by atoms with E-state index in [9.17, 15) is 0 Å². The van der Waals surface area contributed by atoms with Crippen LogP contribution in [0.15, 0.2) is 28.2 Å². The van der Waals surface area contributed by atoms with Crippen LogP contribution in [-0.4, -0.2) is 19.2 Å². The molecule has 0 aliphatic carbocycles. The van der Waals surface area contributed by atoms with Crippen molar-refractivity contribution in [1.29, 1.82) is 0 Å². The van der Waals surface area contributed by atoms with Gasteiger partial charge in [-0.2, -0.15) is 0 Å². The molecular formula is C16H24BrNO. The number of halogens is 1. The number of methoxy groups -OCH3 is 1. The Morgan fingerprint density at radius 1 is 1.37 bits per heavy atom. The van der Waals surface area contributed by atoms with Crippen molar-refractivity contribution in [3.05, 3.63) is 33.8 Å². The van der Waals surface area contributed by atoms with E-state index < -0.39 is 0 Å². The first-order chi connectivity index (χ1) is 8.85. The Hall–Kier alpha value is -0.800. The SMILES string of the molecule is CC/C(=C/c1cc(OC)ccc1Br)CNC(C)(C)C. The van der Waals surface area contributed by atoms with Gasteiger partial charge in [-0.05, 0) is 51.0 Å². The molecule has 0 aliphatic rings. The van der Waals surface area contributed by atoms with Crippen LogP contribution in [0.1, 0.15) is 39.7 Å². The van der Waals surface area contributed by atoms with E-state index in [0.717, 1.165) is 28.8 Å². The van der Waals surface area contributed by atoms with Gasteiger partial charge in [0.2, 0.25) is 0 Å². The fourth-order valence-corrected chi connectivity index (χ4v) is 2.00. The summed E-state index contributed by atoms with van der Waals surface area (Å²) in [6, 6.07) is 6.03. The first-order valence-corrected chi connectivity index (χ1v) is 7.43. The van der Waals surface area contributed by atoms with E-state index in [1.165, 1.54) is 5.57 Å². The summed E-state index contributed by atoms with van der Waals surface area (Å²) < 4.78 is 6.37. The van der Waals surface area contributed by atoms with Crippen LogP contribution in [0, 0.1) is 0 Å². The summed E-state index contributed by atoms with van der Waals surface area (Å²) in [7, 11) is 1.69. The van der Waals surface area contributed by atoms with Gasteiger partial charge in [0, 0.05) is 16.6 Å². The molecule has 0 heterocycles. The van der Waals surface area contributed by atoms with E-state index in [-0.39, 0.29) is 5.54 Å². The van der Waals surface area contributed by atoms with Gasteiger partial charge < -0.3 is 10.1 Å². The lowest BCUT2D eigenvalue weighted by atomic mass is 10.1. The van der Waals surface area contributed by atoms with Gasteiger partial charge in [-0.15, -0.1) is 0 Å². The average Bonchev–Trinajstić information content (AvgIpc) is 2.35. The summed E-state index contributed by atoms with van der Waals surface area (Å²) in [6.45, 7) is 9.64. The van der Waals surface area contributed by atoms with Crippen LogP contribution < -0.4 is 10.1 Å². The van der Waals surface area contributed by atoms with Crippen LogP contribution in [0.4, 0.5) is 0 Å². The summed E-state index contributed by atoms with van der Waals surface area (Å²) in [5, 5.41) is 3.53. The smallest absolute Gasteiger partial charge is 0.119 e. The lowest BCUT2D eigenvalue weighted by molar-refractivity contribution is 0.414. The normalized spacial score (nSPS) is 12.6. The predicted octanol–water partition coefficient (Wildman–Crippen LogP) is 4.64. The molecule has 0 atom stereocenters. The number of ether oxygens (including phenoxy) is 1. The molecule has 0 saturated carbocycles. The summed E-state index contributed by atoms with van der Waals surface area (Å²) in [5.74, 6) is 0.883. The number of rotatable bonds is 5. The molecule has 0 unspecified atom stereocenters. The fraction of sp³-hybridized carbons (Fsp3) is 0.500. The Balaban J connectivity index is 2.91. The highest BCUT2D eigenvalue weighted by molar-refractivity contribution is 9.10. The topological polar surface area (TPSA) is 21.3 Å². The predicted molar refractivity (Wildman–Crippen MR) is 86.7 cm³/mol. The number of hydrogen-bond acceptors (Lipinski definition) is 2. The van der Waals surface area contributed by atoms with Crippen molar-refractivity contribution in [1.82, 2.24) is 5.32 Å². The molecule has 3 heteroatoms. The van der Waals surface area contributed by atoms with Crippen molar-refractivity contribution >= 4 is 22.0 Å². The maximum atomic E-state index is 5.27. The maximum Gasteiger partial charge on any atom is 0.119 e. The summed E-state index contributed by atoms with van der Waals surface area (Å²) in [6.07, 6.45) is 3.26. The maximum absolute atomic E-state index is 5.27. The first kappa shape index (κ1) is 16.3. The number of hydrogen-bond donors (Lipinski definition) is 1. The molecule has 1 N–H and O–H groups in total. The Morgan fingerprint density at radius 2 is 2.05 bits per heavy atom. The molecule has 0 saturated heterocycles. The number of benzene rings is 1. The molecule has 19 heavy (non-hydrogen) atoms. The van der Waals surface area contributed by atoms with E-state index >= 15 is 0 Å². The standard InChI is InChI=1S/C16H24BrNO/c1-6-12(11-18-16(2,3)4)9-13-10-14(19-5)7-8-15(13)17/h7-10,18H,6,11H2,1-5H3/b12-9-. The van der Waals surface area contributed by atoms with Crippen molar-refractivity contribution in [2.24, 2.45) is 0 Å². The zero-order chi connectivity index (χ0) is 14.5. The molecule has 1 aromatic carbocycles. The minimum Gasteiger partial charge on any atom is -0.497 e. The average molecular weight is 326 g/mol. The monoisotopic (exact) mass is 325 g/mol. The van der Waals surface area contributed by atoms with Gasteiger partial charge in [0.1, 0.15) is 5.75 Å². The molecule has 2 nitrogen and oxygen atoms in total. The van der Waals surface area contributed by atoms with Crippen LogP contribution in [0.5, 0.6) is 5.75 Å².